The van der Waals surface area contributed by atoms with Crippen LogP contribution >= 0.6 is 12.6 Å². The lowest BCUT2D eigenvalue weighted by molar-refractivity contribution is -0.133. The van der Waals surface area contributed by atoms with Crippen molar-refractivity contribution in [2.75, 3.05) is 5.75 Å². The molecule has 1 aliphatic heterocycles. The molecule has 0 aliphatic carbocycles. The second-order valence-electron chi connectivity index (χ2n) is 3.76. The van der Waals surface area contributed by atoms with Crippen LogP contribution in [-0.2, 0) is 4.79 Å². The molecule has 0 aromatic rings. The van der Waals surface area contributed by atoms with Gasteiger partial charge in [0.05, 0.1) is 0 Å². The van der Waals surface area contributed by atoms with Gasteiger partial charge in [-0.05, 0) is 31.9 Å². The van der Waals surface area contributed by atoms with Gasteiger partial charge in [-0.25, -0.2) is 0 Å². The number of hydrogen-bond donors (Lipinski definition) is 1. The zero-order valence-corrected chi connectivity index (χ0v) is 9.39. The molecule has 0 spiro atoms. The minimum Gasteiger partial charge on any atom is -0.337 e. The zero-order valence-electron chi connectivity index (χ0n) is 8.49. The molecule has 0 radical (unpaired) electrons. The van der Waals surface area contributed by atoms with E-state index in [4.69, 9.17) is 0 Å². The molecular formula is C10H19NOS. The predicted octanol–water partition coefficient (Wildman–Crippen LogP) is 2.10. The first-order valence-electron chi connectivity index (χ1n) is 5.12. The lowest BCUT2D eigenvalue weighted by Gasteiger charge is -2.27. The number of thiol groups is 1. The van der Waals surface area contributed by atoms with Crippen molar-refractivity contribution in [3.05, 3.63) is 0 Å². The summed E-state index contributed by atoms with van der Waals surface area (Å²) in [5, 5.41) is 0. The molecule has 0 saturated carbocycles. The molecule has 13 heavy (non-hydrogen) atoms. The Kier molecular flexibility index (Phi) is 4.10. The third kappa shape index (κ3) is 2.39. The number of carbonyl (C=O) groups is 1. The van der Waals surface area contributed by atoms with Crippen molar-refractivity contribution in [2.24, 2.45) is 0 Å². The Bertz CT molecular complexity index is 184. The normalized spacial score (nSPS) is 28.1. The van der Waals surface area contributed by atoms with E-state index >= 15 is 0 Å². The average Bonchev–Trinajstić information content (AvgIpc) is 2.47. The van der Waals surface area contributed by atoms with E-state index in [1.807, 2.05) is 0 Å². The molecule has 0 aromatic heterocycles. The molecule has 2 nitrogen and oxygen atoms in total. The highest BCUT2D eigenvalue weighted by atomic mass is 32.1. The van der Waals surface area contributed by atoms with E-state index in [9.17, 15) is 4.79 Å². The lowest BCUT2D eigenvalue weighted by Crippen LogP contribution is -2.39. The fourth-order valence-electron chi connectivity index (χ4n) is 2.15. The molecule has 0 aromatic carbocycles. The molecule has 2 atom stereocenters. The summed E-state index contributed by atoms with van der Waals surface area (Å²) < 4.78 is 0. The Balaban J connectivity index is 2.58. The lowest BCUT2D eigenvalue weighted by atomic mass is 10.1. The quantitative estimate of drug-likeness (QED) is 0.693. The van der Waals surface area contributed by atoms with Crippen LogP contribution < -0.4 is 0 Å². The van der Waals surface area contributed by atoms with Crippen LogP contribution in [0.3, 0.4) is 0 Å². The molecule has 76 valence electrons. The largest absolute Gasteiger partial charge is 0.337 e. The number of rotatable bonds is 3. The molecular weight excluding hydrogens is 182 g/mol. The molecule has 1 heterocycles. The van der Waals surface area contributed by atoms with Gasteiger partial charge in [-0.3, -0.25) is 4.79 Å². The number of likely N-dealkylation sites (tertiary alicyclic amines) is 1. The average molecular weight is 201 g/mol. The van der Waals surface area contributed by atoms with Crippen LogP contribution in [0.15, 0.2) is 0 Å². The standard InChI is InChI=1S/C10H19NOS/c1-3-9-5-4-8(2)11(9)10(12)6-7-13/h8-9,13H,3-7H2,1-2H3. The zero-order chi connectivity index (χ0) is 9.84. The Morgan fingerprint density at radius 1 is 1.54 bits per heavy atom. The number of hydrogen-bond acceptors (Lipinski definition) is 2. The van der Waals surface area contributed by atoms with E-state index in [-0.39, 0.29) is 5.91 Å². The molecule has 0 bridgehead atoms. The van der Waals surface area contributed by atoms with Gasteiger partial charge in [0.15, 0.2) is 0 Å². The molecule has 3 heteroatoms. The van der Waals surface area contributed by atoms with Gasteiger partial charge < -0.3 is 4.90 Å². The highest BCUT2D eigenvalue weighted by molar-refractivity contribution is 7.80. The van der Waals surface area contributed by atoms with Gasteiger partial charge in [-0.2, -0.15) is 12.6 Å². The molecule has 0 N–H and O–H groups in total. The summed E-state index contributed by atoms with van der Waals surface area (Å²) >= 11 is 4.09. The maximum Gasteiger partial charge on any atom is 0.223 e. The first-order valence-corrected chi connectivity index (χ1v) is 5.76. The topological polar surface area (TPSA) is 20.3 Å². The summed E-state index contributed by atoms with van der Waals surface area (Å²) in [6.07, 6.45) is 4.01. The Morgan fingerprint density at radius 3 is 2.77 bits per heavy atom. The summed E-state index contributed by atoms with van der Waals surface area (Å²) in [4.78, 5) is 13.8. The maximum atomic E-state index is 11.7. The molecule has 2 unspecified atom stereocenters. The van der Waals surface area contributed by atoms with Crippen molar-refractivity contribution in [3.63, 3.8) is 0 Å². The van der Waals surface area contributed by atoms with E-state index in [0.29, 0.717) is 24.3 Å². The van der Waals surface area contributed by atoms with Gasteiger partial charge in [-0.1, -0.05) is 6.92 Å². The first kappa shape index (κ1) is 10.9. The van der Waals surface area contributed by atoms with Crippen molar-refractivity contribution < 1.29 is 4.79 Å². The van der Waals surface area contributed by atoms with Crippen LogP contribution in [-0.4, -0.2) is 28.6 Å². The van der Waals surface area contributed by atoms with Crippen LogP contribution in [0.1, 0.15) is 39.5 Å². The summed E-state index contributed by atoms with van der Waals surface area (Å²) in [7, 11) is 0. The van der Waals surface area contributed by atoms with Gasteiger partial charge >= 0.3 is 0 Å². The Labute approximate surface area is 86.1 Å². The van der Waals surface area contributed by atoms with Gasteiger partial charge in [0, 0.05) is 18.5 Å². The maximum absolute atomic E-state index is 11.7. The SMILES string of the molecule is CCC1CCC(C)N1C(=O)CCS. The van der Waals surface area contributed by atoms with Crippen LogP contribution in [0.2, 0.25) is 0 Å². The molecule has 1 fully saturated rings. The number of amides is 1. The third-order valence-corrected chi connectivity index (χ3v) is 3.09. The fraction of sp³-hybridized carbons (Fsp3) is 0.900. The third-order valence-electron chi connectivity index (χ3n) is 2.87. The van der Waals surface area contributed by atoms with E-state index in [1.54, 1.807) is 0 Å². The molecule has 1 saturated heterocycles. The van der Waals surface area contributed by atoms with Crippen LogP contribution in [0.5, 0.6) is 0 Å². The van der Waals surface area contributed by atoms with Gasteiger partial charge in [0.1, 0.15) is 0 Å². The molecule has 1 aliphatic rings. The first-order chi connectivity index (χ1) is 6.20. The van der Waals surface area contributed by atoms with E-state index in [0.717, 1.165) is 12.8 Å². The smallest absolute Gasteiger partial charge is 0.223 e. The molecule has 1 rings (SSSR count). The van der Waals surface area contributed by atoms with E-state index < -0.39 is 0 Å². The highest BCUT2D eigenvalue weighted by Gasteiger charge is 2.32. The highest BCUT2D eigenvalue weighted by Crippen LogP contribution is 2.26. The van der Waals surface area contributed by atoms with Gasteiger partial charge in [0.25, 0.3) is 0 Å². The minimum absolute atomic E-state index is 0.284. The Morgan fingerprint density at radius 2 is 2.23 bits per heavy atom. The minimum atomic E-state index is 0.284. The summed E-state index contributed by atoms with van der Waals surface area (Å²) in [5.74, 6) is 0.949. The number of carbonyl (C=O) groups excluding carboxylic acids is 1. The van der Waals surface area contributed by atoms with Crippen LogP contribution in [0.4, 0.5) is 0 Å². The van der Waals surface area contributed by atoms with Crippen molar-refractivity contribution in [2.45, 2.75) is 51.6 Å². The second kappa shape index (κ2) is 4.89. The van der Waals surface area contributed by atoms with Crippen molar-refractivity contribution in [1.82, 2.24) is 4.90 Å². The summed E-state index contributed by atoms with van der Waals surface area (Å²) in [6, 6.07) is 0.930. The summed E-state index contributed by atoms with van der Waals surface area (Å²) in [5.41, 5.74) is 0. The predicted molar refractivity (Wildman–Crippen MR) is 58.1 cm³/mol. The monoisotopic (exact) mass is 201 g/mol. The summed E-state index contributed by atoms with van der Waals surface area (Å²) in [6.45, 7) is 4.30. The molecule has 1 amide bonds. The van der Waals surface area contributed by atoms with Crippen molar-refractivity contribution in [1.29, 1.82) is 0 Å². The fourth-order valence-corrected chi connectivity index (χ4v) is 2.34. The van der Waals surface area contributed by atoms with Crippen LogP contribution in [0.25, 0.3) is 0 Å². The van der Waals surface area contributed by atoms with Gasteiger partial charge in [0.2, 0.25) is 5.91 Å². The van der Waals surface area contributed by atoms with Gasteiger partial charge in [-0.15, -0.1) is 0 Å². The van der Waals surface area contributed by atoms with E-state index in [2.05, 4.69) is 31.4 Å². The van der Waals surface area contributed by atoms with Crippen molar-refractivity contribution in [3.8, 4) is 0 Å². The van der Waals surface area contributed by atoms with Crippen LogP contribution in [0, 0.1) is 0 Å². The second-order valence-corrected chi connectivity index (χ2v) is 4.21. The van der Waals surface area contributed by atoms with Crippen molar-refractivity contribution >= 4 is 18.5 Å². The van der Waals surface area contributed by atoms with E-state index in [1.165, 1.54) is 6.42 Å². The number of nitrogens with zero attached hydrogens (tertiary/aromatic N) is 1. The Hall–Kier alpha value is -0.180.